The van der Waals surface area contributed by atoms with Crippen molar-refractivity contribution in [3.63, 3.8) is 0 Å². The zero-order valence-corrected chi connectivity index (χ0v) is 10.2. The van der Waals surface area contributed by atoms with E-state index in [0.29, 0.717) is 29.4 Å². The Morgan fingerprint density at radius 1 is 1.53 bits per heavy atom. The number of amides is 1. The molecule has 3 N–H and O–H groups in total. The lowest BCUT2D eigenvalue weighted by Crippen LogP contribution is -2.42. The summed E-state index contributed by atoms with van der Waals surface area (Å²) in [6.07, 6.45) is 1.17. The van der Waals surface area contributed by atoms with Gasteiger partial charge in [0.15, 0.2) is 0 Å². The highest BCUT2D eigenvalue weighted by atomic mass is 35.5. The first-order valence-electron chi connectivity index (χ1n) is 5.60. The molecule has 17 heavy (non-hydrogen) atoms. The van der Waals surface area contributed by atoms with Crippen LogP contribution in [0.4, 0.5) is 5.69 Å². The van der Waals surface area contributed by atoms with Gasteiger partial charge in [-0.15, -0.1) is 0 Å². The van der Waals surface area contributed by atoms with Gasteiger partial charge in [-0.1, -0.05) is 11.6 Å². The number of nitrogens with two attached hydrogens (primary N) is 1. The number of aliphatic hydroxyl groups excluding tert-OH is 1. The van der Waals surface area contributed by atoms with Gasteiger partial charge in [-0.3, -0.25) is 4.79 Å². The summed E-state index contributed by atoms with van der Waals surface area (Å²) in [5.74, 6) is -0.106. The molecule has 2 rings (SSSR count). The molecule has 0 aliphatic carbocycles. The zero-order valence-electron chi connectivity index (χ0n) is 9.40. The van der Waals surface area contributed by atoms with Gasteiger partial charge in [-0.05, 0) is 31.0 Å². The van der Waals surface area contributed by atoms with Crippen LogP contribution in [-0.2, 0) is 0 Å². The average Bonchev–Trinajstić information content (AvgIpc) is 2.32. The highest BCUT2D eigenvalue weighted by Crippen LogP contribution is 2.21. The SMILES string of the molecule is Nc1ccc(C(=O)N2CCC[C@H](O)C2)cc1Cl. The number of piperidine rings is 1. The van der Waals surface area contributed by atoms with Crippen LogP contribution < -0.4 is 5.73 Å². The van der Waals surface area contributed by atoms with Gasteiger partial charge in [0.1, 0.15) is 0 Å². The topological polar surface area (TPSA) is 66.6 Å². The number of nitrogen functional groups attached to an aromatic ring is 1. The Hall–Kier alpha value is -1.26. The molecule has 4 nitrogen and oxygen atoms in total. The van der Waals surface area contributed by atoms with Crippen molar-refractivity contribution in [3.05, 3.63) is 28.8 Å². The maximum Gasteiger partial charge on any atom is 0.253 e. The Morgan fingerprint density at radius 3 is 2.94 bits per heavy atom. The van der Waals surface area contributed by atoms with Gasteiger partial charge >= 0.3 is 0 Å². The normalized spacial score (nSPS) is 20.4. The maximum absolute atomic E-state index is 12.1. The second-order valence-corrected chi connectivity index (χ2v) is 4.69. The monoisotopic (exact) mass is 254 g/mol. The molecule has 1 atom stereocenters. The fourth-order valence-corrected chi connectivity index (χ4v) is 2.16. The van der Waals surface area contributed by atoms with E-state index in [2.05, 4.69) is 0 Å². The molecule has 0 spiro atoms. The number of nitrogens with zero attached hydrogens (tertiary/aromatic N) is 1. The first-order chi connectivity index (χ1) is 8.08. The molecule has 5 heteroatoms. The quantitative estimate of drug-likeness (QED) is 0.747. The molecule has 1 aromatic rings. The highest BCUT2D eigenvalue weighted by molar-refractivity contribution is 6.33. The second-order valence-electron chi connectivity index (χ2n) is 4.28. The lowest BCUT2D eigenvalue weighted by molar-refractivity contribution is 0.0474. The number of benzene rings is 1. The van der Waals surface area contributed by atoms with Crippen LogP contribution in [0.25, 0.3) is 0 Å². The van der Waals surface area contributed by atoms with Crippen LogP contribution in [0.3, 0.4) is 0 Å². The van der Waals surface area contributed by atoms with Gasteiger partial charge in [-0.25, -0.2) is 0 Å². The molecule has 0 saturated carbocycles. The number of rotatable bonds is 1. The molecule has 1 aromatic carbocycles. The Kier molecular flexibility index (Phi) is 3.54. The van der Waals surface area contributed by atoms with Crippen LogP contribution in [0.5, 0.6) is 0 Å². The van der Waals surface area contributed by atoms with Gasteiger partial charge in [0.2, 0.25) is 0 Å². The van der Waals surface area contributed by atoms with Gasteiger partial charge in [0, 0.05) is 18.7 Å². The minimum Gasteiger partial charge on any atom is -0.398 e. The van der Waals surface area contributed by atoms with E-state index in [-0.39, 0.29) is 5.91 Å². The van der Waals surface area contributed by atoms with Gasteiger partial charge in [0.25, 0.3) is 5.91 Å². The van der Waals surface area contributed by atoms with Crippen molar-refractivity contribution in [2.24, 2.45) is 0 Å². The number of aliphatic hydroxyl groups is 1. The molecular weight excluding hydrogens is 240 g/mol. The van der Waals surface area contributed by atoms with E-state index in [1.165, 1.54) is 0 Å². The molecule has 0 radical (unpaired) electrons. The molecule has 0 unspecified atom stereocenters. The molecule has 1 heterocycles. The average molecular weight is 255 g/mol. The van der Waals surface area contributed by atoms with E-state index in [1.807, 2.05) is 0 Å². The molecule has 1 saturated heterocycles. The summed E-state index contributed by atoms with van der Waals surface area (Å²) in [6.45, 7) is 1.07. The van der Waals surface area contributed by atoms with Crippen molar-refractivity contribution in [3.8, 4) is 0 Å². The van der Waals surface area contributed by atoms with Gasteiger partial charge in [-0.2, -0.15) is 0 Å². The van der Waals surface area contributed by atoms with E-state index in [9.17, 15) is 9.90 Å². The van der Waals surface area contributed by atoms with Crippen LogP contribution in [0.15, 0.2) is 18.2 Å². The smallest absolute Gasteiger partial charge is 0.253 e. The Bertz CT molecular complexity index is 437. The summed E-state index contributed by atoms with van der Waals surface area (Å²) in [4.78, 5) is 13.8. The van der Waals surface area contributed by atoms with Crippen LogP contribution in [0.2, 0.25) is 5.02 Å². The first-order valence-corrected chi connectivity index (χ1v) is 5.98. The van der Waals surface area contributed by atoms with Crippen LogP contribution in [0, 0.1) is 0 Å². The van der Waals surface area contributed by atoms with E-state index < -0.39 is 6.10 Å². The van der Waals surface area contributed by atoms with Crippen LogP contribution in [-0.4, -0.2) is 35.1 Å². The minimum atomic E-state index is -0.419. The summed E-state index contributed by atoms with van der Waals surface area (Å²) in [6, 6.07) is 4.85. The first kappa shape index (κ1) is 12.2. The third-order valence-corrected chi connectivity index (χ3v) is 3.26. The molecule has 0 aromatic heterocycles. The van der Waals surface area contributed by atoms with E-state index in [0.717, 1.165) is 12.8 Å². The van der Waals surface area contributed by atoms with Crippen LogP contribution >= 0.6 is 11.6 Å². The number of hydrogen-bond acceptors (Lipinski definition) is 3. The van der Waals surface area contributed by atoms with Crippen molar-refractivity contribution >= 4 is 23.2 Å². The third kappa shape index (κ3) is 2.70. The number of carbonyl (C=O) groups excluding carboxylic acids is 1. The zero-order chi connectivity index (χ0) is 12.4. The third-order valence-electron chi connectivity index (χ3n) is 2.93. The molecule has 1 aliphatic rings. The molecule has 0 bridgehead atoms. The minimum absolute atomic E-state index is 0.106. The van der Waals surface area contributed by atoms with Crippen molar-refractivity contribution in [2.75, 3.05) is 18.8 Å². The van der Waals surface area contributed by atoms with Crippen molar-refractivity contribution in [1.82, 2.24) is 4.90 Å². The number of hydrogen-bond donors (Lipinski definition) is 2. The summed E-state index contributed by atoms with van der Waals surface area (Å²) in [5.41, 5.74) is 6.56. The van der Waals surface area contributed by atoms with E-state index in [1.54, 1.807) is 23.1 Å². The summed E-state index contributed by atoms with van der Waals surface area (Å²) in [5, 5.41) is 9.92. The summed E-state index contributed by atoms with van der Waals surface area (Å²) < 4.78 is 0. The number of likely N-dealkylation sites (tertiary alicyclic amines) is 1. The summed E-state index contributed by atoms with van der Waals surface area (Å²) >= 11 is 5.88. The molecule has 1 amide bonds. The number of halogens is 1. The molecule has 1 aliphatic heterocycles. The van der Waals surface area contributed by atoms with Crippen molar-refractivity contribution in [1.29, 1.82) is 0 Å². The van der Waals surface area contributed by atoms with Gasteiger partial charge in [0.05, 0.1) is 16.8 Å². The van der Waals surface area contributed by atoms with Crippen molar-refractivity contribution in [2.45, 2.75) is 18.9 Å². The van der Waals surface area contributed by atoms with Crippen LogP contribution in [0.1, 0.15) is 23.2 Å². The lowest BCUT2D eigenvalue weighted by Gasteiger charge is -2.30. The van der Waals surface area contributed by atoms with Crippen molar-refractivity contribution < 1.29 is 9.90 Å². The maximum atomic E-state index is 12.1. The fraction of sp³-hybridized carbons (Fsp3) is 0.417. The van der Waals surface area contributed by atoms with E-state index >= 15 is 0 Å². The number of anilines is 1. The predicted octanol–water partition coefficient (Wildman–Crippen LogP) is 1.52. The van der Waals surface area contributed by atoms with Gasteiger partial charge < -0.3 is 15.7 Å². The predicted molar refractivity (Wildman–Crippen MR) is 67.0 cm³/mol. The Morgan fingerprint density at radius 2 is 2.29 bits per heavy atom. The molecule has 92 valence electrons. The van der Waals surface area contributed by atoms with E-state index in [4.69, 9.17) is 17.3 Å². The molecule has 1 fully saturated rings. The highest BCUT2D eigenvalue weighted by Gasteiger charge is 2.23. The molecular formula is C12H15ClN2O2. The standard InChI is InChI=1S/C12H15ClN2O2/c13-10-6-8(3-4-11(10)14)12(17)15-5-1-2-9(16)7-15/h3-4,6,9,16H,1-2,5,7,14H2/t9-/m0/s1. The Balaban J connectivity index is 2.15. The Labute approximate surface area is 105 Å². The second kappa shape index (κ2) is 4.94. The fourth-order valence-electron chi connectivity index (χ4n) is 1.98. The number of β-amino-alcohol motifs (C(OH)–C–C–N with tert-alkyl or cyclic N) is 1. The summed E-state index contributed by atoms with van der Waals surface area (Å²) in [7, 11) is 0. The number of carbonyl (C=O) groups is 1. The largest absolute Gasteiger partial charge is 0.398 e. The lowest BCUT2D eigenvalue weighted by atomic mass is 10.1.